The Morgan fingerprint density at radius 2 is 1.53 bits per heavy atom. The number of hydrogen-bond donors (Lipinski definition) is 2. The largest absolute Gasteiger partial charge is 0.508 e. The van der Waals surface area contributed by atoms with Gasteiger partial charge in [-0.2, -0.15) is 0 Å². The summed E-state index contributed by atoms with van der Waals surface area (Å²) in [7, 11) is 2.88. The van der Waals surface area contributed by atoms with Gasteiger partial charge in [-0.3, -0.25) is 14.5 Å². The van der Waals surface area contributed by atoms with Gasteiger partial charge in [-0.1, -0.05) is 30.3 Å². The number of amides is 1. The number of hydrogen-bond acceptors (Lipinski definition) is 6. The minimum absolute atomic E-state index is 0.0406. The van der Waals surface area contributed by atoms with Crippen LogP contribution in [0.15, 0.2) is 66.2 Å². The second-order valence-corrected chi connectivity index (χ2v) is 8.09. The zero-order valence-corrected chi connectivity index (χ0v) is 19.3. The topological polar surface area (TPSA) is 96.3 Å². The number of aromatic hydroxyl groups is 1. The molecule has 1 aliphatic heterocycles. The van der Waals surface area contributed by atoms with Crippen LogP contribution in [0.2, 0.25) is 0 Å². The molecule has 4 rings (SSSR count). The quantitative estimate of drug-likeness (QED) is 0.328. The summed E-state index contributed by atoms with van der Waals surface area (Å²) in [6.45, 7) is 3.75. The first-order valence-electron chi connectivity index (χ1n) is 10.7. The molecule has 0 bridgehead atoms. The number of phenolic OH excluding ortho intramolecular Hbond substituents is 1. The molecule has 2 N–H and O–H groups in total. The smallest absolute Gasteiger partial charge is 0.300 e. The number of anilines is 1. The van der Waals surface area contributed by atoms with E-state index in [4.69, 9.17) is 9.47 Å². The lowest BCUT2D eigenvalue weighted by atomic mass is 9.94. The Bertz CT molecular complexity index is 1290. The lowest BCUT2D eigenvalue weighted by molar-refractivity contribution is -0.132. The van der Waals surface area contributed by atoms with E-state index >= 15 is 0 Å². The second kappa shape index (κ2) is 8.94. The summed E-state index contributed by atoms with van der Waals surface area (Å²) in [5.41, 5.74) is 2.90. The van der Waals surface area contributed by atoms with Crippen LogP contribution in [0.5, 0.6) is 17.2 Å². The molecule has 1 heterocycles. The number of carbonyl (C=O) groups is 2. The number of Topliss-reactive ketones (excluding diaryl/α,β-unsaturated/α-hetero) is 1. The molecule has 7 heteroatoms. The second-order valence-electron chi connectivity index (χ2n) is 8.09. The summed E-state index contributed by atoms with van der Waals surface area (Å²) in [5.74, 6) is -1.37. The van der Waals surface area contributed by atoms with Crippen LogP contribution in [0.1, 0.15) is 28.3 Å². The third-order valence-electron chi connectivity index (χ3n) is 5.94. The van der Waals surface area contributed by atoms with Gasteiger partial charge in [0.05, 0.1) is 25.8 Å². The number of ether oxygens (including phenoxy) is 2. The highest BCUT2D eigenvalue weighted by Gasteiger charge is 2.48. The standard InChI is InChI=1S/C27H25NO6/c1-15-8-9-16(2)19(14-15)28-24(17-10-12-18(29)13-11-17)23(26(31)27(28)32)25(30)22-20(33-3)6-5-7-21(22)34-4/h5-14,24,29-30H,1-4H3/b25-23+. The molecule has 1 amide bonds. The summed E-state index contributed by atoms with van der Waals surface area (Å²) in [5, 5.41) is 21.3. The van der Waals surface area contributed by atoms with E-state index < -0.39 is 23.5 Å². The molecule has 0 aromatic heterocycles. The number of phenols is 1. The Balaban J connectivity index is 2.04. The first kappa shape index (κ1) is 22.9. The van der Waals surface area contributed by atoms with Crippen LogP contribution < -0.4 is 14.4 Å². The number of rotatable bonds is 5. The molecule has 1 aliphatic rings. The van der Waals surface area contributed by atoms with Crippen molar-refractivity contribution in [1.82, 2.24) is 0 Å². The summed E-state index contributed by atoms with van der Waals surface area (Å²) in [6, 6.07) is 15.8. The Morgan fingerprint density at radius 1 is 0.912 bits per heavy atom. The molecule has 0 spiro atoms. The van der Waals surface area contributed by atoms with Crippen LogP contribution >= 0.6 is 0 Å². The molecular formula is C27H25NO6. The molecule has 174 valence electrons. The predicted molar refractivity (Wildman–Crippen MR) is 128 cm³/mol. The van der Waals surface area contributed by atoms with Crippen molar-refractivity contribution in [2.24, 2.45) is 0 Å². The molecule has 0 radical (unpaired) electrons. The van der Waals surface area contributed by atoms with Crippen LogP contribution in [-0.2, 0) is 9.59 Å². The van der Waals surface area contributed by atoms with Crippen molar-refractivity contribution in [3.05, 3.63) is 88.5 Å². The van der Waals surface area contributed by atoms with Crippen molar-refractivity contribution < 1.29 is 29.3 Å². The summed E-state index contributed by atoms with van der Waals surface area (Å²) < 4.78 is 10.8. The van der Waals surface area contributed by atoms with Crippen molar-refractivity contribution in [3.8, 4) is 17.2 Å². The predicted octanol–water partition coefficient (Wildman–Crippen LogP) is 4.65. The molecule has 3 aromatic carbocycles. The fraction of sp³-hybridized carbons (Fsp3) is 0.185. The van der Waals surface area contributed by atoms with Crippen molar-refractivity contribution in [1.29, 1.82) is 0 Å². The van der Waals surface area contributed by atoms with Gasteiger partial charge < -0.3 is 19.7 Å². The monoisotopic (exact) mass is 459 g/mol. The van der Waals surface area contributed by atoms with E-state index in [0.717, 1.165) is 11.1 Å². The highest BCUT2D eigenvalue weighted by atomic mass is 16.5. The van der Waals surface area contributed by atoms with E-state index in [0.29, 0.717) is 22.7 Å². The number of benzene rings is 3. The number of aryl methyl sites for hydroxylation is 2. The fourth-order valence-corrected chi connectivity index (χ4v) is 4.25. The van der Waals surface area contributed by atoms with Gasteiger partial charge in [0.2, 0.25) is 0 Å². The fourth-order valence-electron chi connectivity index (χ4n) is 4.25. The van der Waals surface area contributed by atoms with Crippen LogP contribution in [0.3, 0.4) is 0 Å². The highest BCUT2D eigenvalue weighted by molar-refractivity contribution is 6.51. The molecule has 1 atom stereocenters. The molecule has 3 aromatic rings. The van der Waals surface area contributed by atoms with E-state index in [-0.39, 0.29) is 16.9 Å². The van der Waals surface area contributed by atoms with Gasteiger partial charge in [0.25, 0.3) is 11.7 Å². The van der Waals surface area contributed by atoms with Gasteiger partial charge in [-0.15, -0.1) is 0 Å². The number of aliphatic hydroxyl groups is 1. The van der Waals surface area contributed by atoms with E-state index in [2.05, 4.69) is 0 Å². The summed E-state index contributed by atoms with van der Waals surface area (Å²) >= 11 is 0. The van der Waals surface area contributed by atoms with Gasteiger partial charge >= 0.3 is 0 Å². The summed E-state index contributed by atoms with van der Waals surface area (Å²) in [4.78, 5) is 28.2. The van der Waals surface area contributed by atoms with Crippen LogP contribution in [-0.4, -0.2) is 36.1 Å². The third-order valence-corrected chi connectivity index (χ3v) is 5.94. The molecule has 0 saturated carbocycles. The lowest BCUT2D eigenvalue weighted by Crippen LogP contribution is -2.30. The van der Waals surface area contributed by atoms with Crippen molar-refractivity contribution >= 4 is 23.1 Å². The number of carbonyl (C=O) groups excluding carboxylic acids is 2. The molecule has 1 fully saturated rings. The van der Waals surface area contributed by atoms with Gasteiger partial charge in [0.1, 0.15) is 28.6 Å². The van der Waals surface area contributed by atoms with Gasteiger partial charge in [-0.25, -0.2) is 0 Å². The maximum atomic E-state index is 13.4. The normalized spacial score (nSPS) is 17.2. The Hall–Kier alpha value is -4.26. The average molecular weight is 459 g/mol. The van der Waals surface area contributed by atoms with E-state index in [9.17, 15) is 19.8 Å². The van der Waals surface area contributed by atoms with Crippen LogP contribution in [0, 0.1) is 13.8 Å². The summed E-state index contributed by atoms with van der Waals surface area (Å²) in [6.07, 6.45) is 0. The van der Waals surface area contributed by atoms with Crippen molar-refractivity contribution in [3.63, 3.8) is 0 Å². The maximum absolute atomic E-state index is 13.4. The maximum Gasteiger partial charge on any atom is 0.300 e. The Kier molecular flexibility index (Phi) is 6.03. The SMILES string of the molecule is COc1cccc(OC)c1/C(O)=C1\C(=O)C(=O)N(c2cc(C)ccc2C)C1c1ccc(O)cc1. The minimum atomic E-state index is -0.935. The van der Waals surface area contributed by atoms with Gasteiger partial charge in [0.15, 0.2) is 0 Å². The van der Waals surface area contributed by atoms with Crippen LogP contribution in [0.4, 0.5) is 5.69 Å². The first-order valence-corrected chi connectivity index (χ1v) is 10.7. The molecule has 34 heavy (non-hydrogen) atoms. The molecule has 1 unspecified atom stereocenters. The van der Waals surface area contributed by atoms with Crippen molar-refractivity contribution in [2.45, 2.75) is 19.9 Å². The highest BCUT2D eigenvalue weighted by Crippen LogP contribution is 2.46. The van der Waals surface area contributed by atoms with E-state index in [1.165, 1.54) is 31.3 Å². The van der Waals surface area contributed by atoms with E-state index in [1.54, 1.807) is 30.3 Å². The van der Waals surface area contributed by atoms with Crippen LogP contribution in [0.25, 0.3) is 5.76 Å². The molecular weight excluding hydrogens is 434 g/mol. The first-order chi connectivity index (χ1) is 16.3. The van der Waals surface area contributed by atoms with Gasteiger partial charge in [0, 0.05) is 5.69 Å². The minimum Gasteiger partial charge on any atom is -0.508 e. The van der Waals surface area contributed by atoms with Crippen molar-refractivity contribution in [2.75, 3.05) is 19.1 Å². The zero-order chi connectivity index (χ0) is 24.6. The lowest BCUT2D eigenvalue weighted by Gasteiger charge is -2.27. The van der Waals surface area contributed by atoms with Gasteiger partial charge in [-0.05, 0) is 60.9 Å². The number of methoxy groups -OCH3 is 2. The zero-order valence-electron chi connectivity index (χ0n) is 19.3. The Labute approximate surface area is 197 Å². The Morgan fingerprint density at radius 3 is 2.12 bits per heavy atom. The number of nitrogens with zero attached hydrogens (tertiary/aromatic N) is 1. The molecule has 1 saturated heterocycles. The third kappa shape index (κ3) is 3.75. The molecule has 7 nitrogen and oxygen atoms in total. The number of aliphatic hydroxyl groups excluding tert-OH is 1. The molecule has 0 aliphatic carbocycles. The average Bonchev–Trinajstić information content (AvgIpc) is 3.10. The number of ketones is 1. The van der Waals surface area contributed by atoms with E-state index in [1.807, 2.05) is 32.0 Å².